The van der Waals surface area contributed by atoms with E-state index in [-0.39, 0.29) is 0 Å². The quantitative estimate of drug-likeness (QED) is 0.828. The van der Waals surface area contributed by atoms with Crippen LogP contribution in [0.15, 0.2) is 23.7 Å². The molecule has 0 saturated heterocycles. The maximum atomic E-state index is 9.97. The van der Waals surface area contributed by atoms with Crippen molar-refractivity contribution in [3.05, 3.63) is 23.7 Å². The molecule has 2 rings (SSSR count). The Morgan fingerprint density at radius 1 is 1.25 bits per heavy atom. The first kappa shape index (κ1) is 15.2. The lowest BCUT2D eigenvalue weighted by molar-refractivity contribution is -0.108. The van der Waals surface area contributed by atoms with E-state index in [1.54, 1.807) is 45.3 Å². The molecule has 0 aliphatic rings. The third kappa shape index (κ3) is 3.30. The predicted octanol–water partition coefficient (Wildman–Crippen LogP) is 2.22. The smallest absolute Gasteiger partial charge is 0.512 e. The normalized spacial score (nSPS) is 12.7. The summed E-state index contributed by atoms with van der Waals surface area (Å²) < 4.78 is 11.7. The first-order valence-corrected chi connectivity index (χ1v) is 7.15. The lowest BCUT2D eigenvalue weighted by Crippen LogP contribution is -2.51. The lowest BCUT2D eigenvalue weighted by Gasteiger charge is -2.37. The van der Waals surface area contributed by atoms with E-state index in [0.29, 0.717) is 5.75 Å². The van der Waals surface area contributed by atoms with Crippen LogP contribution in [0, 0.1) is 0 Å². The van der Waals surface area contributed by atoms with Gasteiger partial charge in [-0.1, -0.05) is 0 Å². The van der Waals surface area contributed by atoms with Crippen molar-refractivity contribution in [3.63, 3.8) is 0 Å². The van der Waals surface area contributed by atoms with Gasteiger partial charge in [-0.25, -0.2) is 4.98 Å². The van der Waals surface area contributed by atoms with Gasteiger partial charge in [-0.15, -0.1) is 11.3 Å². The fraction of sp³-hybridized carbons (Fsp3) is 0.462. The van der Waals surface area contributed by atoms with Crippen LogP contribution in [0.3, 0.4) is 0 Å². The molecule has 0 spiro atoms. The molecule has 0 atom stereocenters. The molecule has 0 bridgehead atoms. The Morgan fingerprint density at radius 3 is 2.60 bits per heavy atom. The molecule has 1 aromatic carbocycles. The molecule has 0 unspecified atom stereocenters. The van der Waals surface area contributed by atoms with E-state index in [9.17, 15) is 10.1 Å². The van der Waals surface area contributed by atoms with Crippen LogP contribution in [-0.4, -0.2) is 33.6 Å². The van der Waals surface area contributed by atoms with Crippen molar-refractivity contribution in [2.24, 2.45) is 0 Å². The van der Waals surface area contributed by atoms with Crippen molar-refractivity contribution in [2.75, 3.05) is 0 Å². The summed E-state index contributed by atoms with van der Waals surface area (Å²) >= 11 is 1.53. The summed E-state index contributed by atoms with van der Waals surface area (Å²) in [4.78, 5) is 4.18. The van der Waals surface area contributed by atoms with Crippen molar-refractivity contribution in [3.8, 4) is 5.75 Å². The predicted molar refractivity (Wildman–Crippen MR) is 79.7 cm³/mol. The van der Waals surface area contributed by atoms with Crippen LogP contribution in [0.2, 0.25) is 0 Å². The van der Waals surface area contributed by atoms with Gasteiger partial charge in [-0.2, -0.15) is 0 Å². The highest BCUT2D eigenvalue weighted by molar-refractivity contribution is 7.16. The molecule has 108 valence electrons. The molecule has 20 heavy (non-hydrogen) atoms. The third-order valence-corrected chi connectivity index (χ3v) is 4.22. The Morgan fingerprint density at radius 2 is 1.95 bits per heavy atom. The minimum absolute atomic E-state index is 0.461. The second kappa shape index (κ2) is 5.33. The molecule has 2 aromatic rings. The number of fused-ring (bicyclic) bond motifs is 1. The van der Waals surface area contributed by atoms with Gasteiger partial charge in [-0.05, 0) is 39.8 Å². The van der Waals surface area contributed by atoms with Crippen molar-refractivity contribution >= 4 is 28.9 Å². The van der Waals surface area contributed by atoms with E-state index in [1.165, 1.54) is 11.3 Å². The Bertz CT molecular complexity index is 593. The topological polar surface area (TPSA) is 71.8 Å². The summed E-state index contributed by atoms with van der Waals surface area (Å²) in [6, 6.07) is 5.34. The first-order chi connectivity index (χ1) is 9.19. The van der Waals surface area contributed by atoms with Crippen LogP contribution >= 0.6 is 11.3 Å². The summed E-state index contributed by atoms with van der Waals surface area (Å²) in [5.41, 5.74) is 0.480. The average molecular weight is 295 g/mol. The van der Waals surface area contributed by atoms with Gasteiger partial charge in [0.15, 0.2) is 0 Å². The van der Waals surface area contributed by atoms with Crippen LogP contribution in [-0.2, 0) is 4.65 Å². The minimum Gasteiger partial charge on any atom is -0.512 e. The maximum absolute atomic E-state index is 9.97. The number of nitrogens with zero attached hydrogens (tertiary/aromatic N) is 1. The molecule has 1 heterocycles. The molecule has 0 radical (unpaired) electrons. The van der Waals surface area contributed by atoms with Crippen molar-refractivity contribution in [2.45, 2.75) is 38.9 Å². The molecule has 0 aliphatic heterocycles. The van der Waals surface area contributed by atoms with E-state index < -0.39 is 18.5 Å². The Hall–Kier alpha value is -1.15. The molecule has 5 nitrogen and oxygen atoms in total. The van der Waals surface area contributed by atoms with E-state index in [2.05, 4.69) is 4.98 Å². The summed E-state index contributed by atoms with van der Waals surface area (Å²) in [5.74, 6) is 0.461. The molecule has 7 heteroatoms. The monoisotopic (exact) mass is 295 g/mol. The largest absolute Gasteiger partial charge is 0.710 e. The zero-order chi connectivity index (χ0) is 15.0. The molecule has 0 aliphatic carbocycles. The number of hydrogen-bond donors (Lipinski definition) is 2. The molecular weight excluding hydrogens is 277 g/mol. The lowest BCUT2D eigenvalue weighted by atomic mass is 9.88. The summed E-state index contributed by atoms with van der Waals surface area (Å²) in [5, 5.41) is 19.8. The van der Waals surface area contributed by atoms with Crippen LogP contribution in [0.1, 0.15) is 27.7 Å². The van der Waals surface area contributed by atoms with Crippen molar-refractivity contribution in [1.29, 1.82) is 0 Å². The second-order valence-corrected chi connectivity index (χ2v) is 6.48. The molecule has 2 N–H and O–H groups in total. The summed E-state index contributed by atoms with van der Waals surface area (Å²) in [7, 11) is -1.47. The van der Waals surface area contributed by atoms with E-state index in [0.717, 1.165) is 10.2 Å². The zero-order valence-corrected chi connectivity index (χ0v) is 12.8. The number of benzene rings is 1. The Balaban J connectivity index is 2.05. The van der Waals surface area contributed by atoms with Gasteiger partial charge in [0.2, 0.25) is 0 Å². The number of thiazole rings is 1. The van der Waals surface area contributed by atoms with E-state index >= 15 is 0 Å². The van der Waals surface area contributed by atoms with Gasteiger partial charge in [0.1, 0.15) is 5.75 Å². The highest BCUT2D eigenvalue weighted by Gasteiger charge is 2.40. The van der Waals surface area contributed by atoms with Crippen LogP contribution < -0.4 is 4.65 Å². The Labute approximate surface area is 122 Å². The average Bonchev–Trinajstić information content (AvgIpc) is 2.73. The highest BCUT2D eigenvalue weighted by Crippen LogP contribution is 2.27. The number of rotatable bonds is 5. The van der Waals surface area contributed by atoms with Gasteiger partial charge >= 0.3 is 7.32 Å². The number of aromatic nitrogens is 1. The standard InChI is InChI=1S/C13H18BNO4S/c1-12(2,16)13(3,4)19-14(17)18-9-5-6-11-10(7-9)15-8-20-11/h5-8,16-17H,1-4H3. The highest BCUT2D eigenvalue weighted by atomic mass is 32.1. The van der Waals surface area contributed by atoms with Crippen LogP contribution in [0.5, 0.6) is 5.75 Å². The zero-order valence-electron chi connectivity index (χ0n) is 12.0. The maximum Gasteiger partial charge on any atom is 0.710 e. The summed E-state index contributed by atoms with van der Waals surface area (Å²) in [6.07, 6.45) is 0. The summed E-state index contributed by atoms with van der Waals surface area (Å²) in [6.45, 7) is 6.59. The van der Waals surface area contributed by atoms with Gasteiger partial charge in [-0.3, -0.25) is 0 Å². The van der Waals surface area contributed by atoms with E-state index in [4.69, 9.17) is 9.31 Å². The van der Waals surface area contributed by atoms with Crippen LogP contribution in [0.4, 0.5) is 0 Å². The van der Waals surface area contributed by atoms with Gasteiger partial charge in [0, 0.05) is 6.07 Å². The second-order valence-electron chi connectivity index (χ2n) is 5.59. The molecule has 0 saturated carbocycles. The first-order valence-electron chi connectivity index (χ1n) is 6.27. The van der Waals surface area contributed by atoms with Crippen molar-refractivity contribution in [1.82, 2.24) is 4.98 Å². The van der Waals surface area contributed by atoms with Crippen molar-refractivity contribution < 1.29 is 19.4 Å². The number of hydrogen-bond acceptors (Lipinski definition) is 6. The SMILES string of the molecule is CC(C)(O)C(C)(C)OB(O)Oc1ccc2scnc2c1. The molecule has 0 fully saturated rings. The van der Waals surface area contributed by atoms with Gasteiger partial charge in [0.25, 0.3) is 0 Å². The Kier molecular flexibility index (Phi) is 4.06. The molecule has 0 amide bonds. The molecule has 1 aromatic heterocycles. The van der Waals surface area contributed by atoms with Gasteiger partial charge < -0.3 is 19.4 Å². The van der Waals surface area contributed by atoms with Gasteiger partial charge in [0.05, 0.1) is 26.9 Å². The fourth-order valence-electron chi connectivity index (χ4n) is 1.45. The fourth-order valence-corrected chi connectivity index (χ4v) is 2.11. The number of aliphatic hydroxyl groups is 1. The molecular formula is C13H18BNO4S. The minimum atomic E-state index is -1.47. The third-order valence-electron chi connectivity index (χ3n) is 3.41. The van der Waals surface area contributed by atoms with E-state index in [1.807, 2.05) is 6.07 Å². The van der Waals surface area contributed by atoms with Crippen LogP contribution in [0.25, 0.3) is 10.2 Å².